The number of para-hydroxylation sites is 1. The van der Waals surface area contributed by atoms with E-state index in [9.17, 15) is 4.79 Å². The molecule has 5 rings (SSSR count). The average Bonchev–Trinajstić information content (AvgIpc) is 3.57. The Kier molecular flexibility index (Phi) is 7.51. The molecule has 1 N–H and O–H groups in total. The van der Waals surface area contributed by atoms with Crippen LogP contribution in [0.3, 0.4) is 0 Å². The summed E-state index contributed by atoms with van der Waals surface area (Å²) in [5.74, 6) is 0.534. The SMILES string of the molecule is CCCc1cn(-c2c(C(C)(C)C)cccc2C(C)(C)C)c(=O)n1Cc1ccc(-c2ccccc2-c2nn[nH]n2)cn1. The Bertz CT molecular complexity index is 1660. The maximum Gasteiger partial charge on any atom is 0.333 e. The zero-order valence-corrected chi connectivity index (χ0v) is 25.1. The molecule has 0 radical (unpaired) electrons. The van der Waals surface area contributed by atoms with Crippen molar-refractivity contribution in [3.63, 3.8) is 0 Å². The number of hydrogen-bond donors (Lipinski definition) is 1. The second-order valence-electron chi connectivity index (χ2n) is 12.6. The maximum atomic E-state index is 14.2. The van der Waals surface area contributed by atoms with Crippen LogP contribution >= 0.6 is 0 Å². The highest BCUT2D eigenvalue weighted by molar-refractivity contribution is 5.79. The van der Waals surface area contributed by atoms with Crippen LogP contribution in [0.5, 0.6) is 0 Å². The number of imidazole rings is 1. The minimum atomic E-state index is -0.127. The molecule has 0 aliphatic rings. The number of pyridine rings is 1. The van der Waals surface area contributed by atoms with Gasteiger partial charge >= 0.3 is 5.69 Å². The van der Waals surface area contributed by atoms with Crippen LogP contribution in [0.1, 0.15) is 77.4 Å². The minimum absolute atomic E-state index is 0.0380. The van der Waals surface area contributed by atoms with Gasteiger partial charge in [0.25, 0.3) is 0 Å². The summed E-state index contributed by atoms with van der Waals surface area (Å²) in [6.45, 7) is 15.8. The van der Waals surface area contributed by atoms with Crippen LogP contribution in [0.4, 0.5) is 0 Å². The lowest BCUT2D eigenvalue weighted by Gasteiger charge is -2.29. The van der Waals surface area contributed by atoms with Gasteiger partial charge in [0.05, 0.1) is 17.9 Å². The van der Waals surface area contributed by atoms with E-state index >= 15 is 0 Å². The number of aromatic nitrogens is 7. The number of aromatic amines is 1. The van der Waals surface area contributed by atoms with Crippen molar-refractivity contribution < 1.29 is 0 Å². The number of aryl methyl sites for hydroxylation is 1. The molecule has 0 atom stereocenters. The monoisotopic (exact) mass is 549 g/mol. The van der Waals surface area contributed by atoms with Gasteiger partial charge in [0.15, 0.2) is 0 Å². The van der Waals surface area contributed by atoms with Crippen LogP contribution in [0, 0.1) is 0 Å². The Morgan fingerprint density at radius 1 is 0.854 bits per heavy atom. The molecule has 0 amide bonds. The van der Waals surface area contributed by atoms with E-state index < -0.39 is 0 Å². The summed E-state index contributed by atoms with van der Waals surface area (Å²) < 4.78 is 3.76. The lowest BCUT2D eigenvalue weighted by atomic mass is 9.78. The lowest BCUT2D eigenvalue weighted by molar-refractivity contribution is 0.559. The van der Waals surface area contributed by atoms with Gasteiger partial charge in [-0.05, 0) is 45.2 Å². The van der Waals surface area contributed by atoms with Crippen molar-refractivity contribution in [2.24, 2.45) is 0 Å². The Labute approximate surface area is 241 Å². The van der Waals surface area contributed by atoms with Crippen molar-refractivity contribution in [2.75, 3.05) is 0 Å². The van der Waals surface area contributed by atoms with E-state index in [-0.39, 0.29) is 16.5 Å². The van der Waals surface area contributed by atoms with Crippen LogP contribution in [-0.4, -0.2) is 34.7 Å². The first-order valence-corrected chi connectivity index (χ1v) is 14.2. The molecule has 0 aliphatic carbocycles. The molecule has 41 heavy (non-hydrogen) atoms. The van der Waals surface area contributed by atoms with Crippen molar-refractivity contribution in [2.45, 2.75) is 78.7 Å². The van der Waals surface area contributed by atoms with Gasteiger partial charge < -0.3 is 0 Å². The number of rotatable bonds is 7. The molecule has 0 saturated heterocycles. The zero-order valence-electron chi connectivity index (χ0n) is 25.1. The molecule has 0 fully saturated rings. The molecule has 5 aromatic rings. The standard InChI is InChI=1S/C33H39N7O/c1-8-12-24-21-40(29-27(32(2,3)4)15-11-16-28(29)33(5,6)7)31(41)39(24)20-23-18-17-22(19-34-23)25-13-9-10-14-26(25)30-35-37-38-36-30/h9-11,13-19,21H,8,12,20H2,1-7H3,(H,35,36,37,38). The van der Waals surface area contributed by atoms with Crippen LogP contribution < -0.4 is 5.69 Å². The van der Waals surface area contributed by atoms with Gasteiger partial charge in [0, 0.05) is 29.2 Å². The summed E-state index contributed by atoms with van der Waals surface area (Å²) in [6, 6.07) is 18.4. The molecular formula is C33H39N7O. The van der Waals surface area contributed by atoms with Gasteiger partial charge in [-0.2, -0.15) is 5.21 Å². The van der Waals surface area contributed by atoms with E-state index in [4.69, 9.17) is 4.98 Å². The summed E-state index contributed by atoms with van der Waals surface area (Å²) in [6.07, 6.45) is 5.64. The molecule has 3 aromatic heterocycles. The number of benzene rings is 2. The molecule has 0 aliphatic heterocycles. The second-order valence-corrected chi connectivity index (χ2v) is 12.6. The van der Waals surface area contributed by atoms with Crippen LogP contribution in [0.15, 0.2) is 71.8 Å². The molecule has 0 saturated carbocycles. The zero-order chi connectivity index (χ0) is 29.4. The van der Waals surface area contributed by atoms with E-state index in [1.54, 1.807) is 0 Å². The summed E-state index contributed by atoms with van der Waals surface area (Å²) in [5, 5.41) is 14.5. The van der Waals surface area contributed by atoms with Crippen molar-refractivity contribution in [3.8, 4) is 28.2 Å². The second kappa shape index (κ2) is 10.9. The van der Waals surface area contributed by atoms with E-state index in [1.807, 2.05) is 57.9 Å². The fourth-order valence-corrected chi connectivity index (χ4v) is 5.37. The predicted octanol–water partition coefficient (Wildman–Crippen LogP) is 6.48. The van der Waals surface area contributed by atoms with Crippen molar-refractivity contribution in [1.29, 1.82) is 0 Å². The van der Waals surface area contributed by atoms with Crippen molar-refractivity contribution in [1.82, 2.24) is 34.7 Å². The molecule has 0 spiro atoms. The predicted molar refractivity (Wildman–Crippen MR) is 163 cm³/mol. The molecule has 8 heteroatoms. The molecule has 212 valence electrons. The van der Waals surface area contributed by atoms with E-state index in [0.717, 1.165) is 57.7 Å². The van der Waals surface area contributed by atoms with E-state index in [0.29, 0.717) is 12.4 Å². The number of tetrazole rings is 1. The van der Waals surface area contributed by atoms with Crippen molar-refractivity contribution >= 4 is 0 Å². The molecule has 0 bridgehead atoms. The number of nitrogens with one attached hydrogen (secondary N) is 1. The van der Waals surface area contributed by atoms with Crippen LogP contribution in [-0.2, 0) is 23.8 Å². The number of H-pyrrole nitrogens is 1. The van der Waals surface area contributed by atoms with Gasteiger partial charge in [-0.3, -0.25) is 14.1 Å². The lowest BCUT2D eigenvalue weighted by Crippen LogP contribution is -2.29. The van der Waals surface area contributed by atoms with Crippen molar-refractivity contribution in [3.05, 3.63) is 100.0 Å². The molecule has 2 aromatic carbocycles. The van der Waals surface area contributed by atoms with Gasteiger partial charge in [-0.1, -0.05) is 103 Å². The maximum absolute atomic E-state index is 14.2. The largest absolute Gasteiger partial charge is 0.333 e. The summed E-state index contributed by atoms with van der Waals surface area (Å²) in [5.41, 5.74) is 7.65. The first-order chi connectivity index (χ1) is 19.5. The highest BCUT2D eigenvalue weighted by Gasteiger charge is 2.28. The number of nitrogens with zero attached hydrogens (tertiary/aromatic N) is 6. The molecular weight excluding hydrogens is 510 g/mol. The Balaban J connectivity index is 1.56. The van der Waals surface area contributed by atoms with Gasteiger partial charge in [0.2, 0.25) is 5.82 Å². The minimum Gasteiger partial charge on any atom is -0.290 e. The van der Waals surface area contributed by atoms with E-state index in [1.165, 1.54) is 0 Å². The topological polar surface area (TPSA) is 94.3 Å². The van der Waals surface area contributed by atoms with Crippen LogP contribution in [0.25, 0.3) is 28.2 Å². The highest BCUT2D eigenvalue weighted by atomic mass is 16.1. The number of hydrogen-bond acceptors (Lipinski definition) is 5. The average molecular weight is 550 g/mol. The van der Waals surface area contributed by atoms with Gasteiger partial charge in [-0.25, -0.2) is 4.79 Å². The molecule has 8 nitrogen and oxygen atoms in total. The van der Waals surface area contributed by atoms with Crippen LogP contribution in [0.2, 0.25) is 0 Å². The first-order valence-electron chi connectivity index (χ1n) is 14.2. The summed E-state index contributed by atoms with van der Waals surface area (Å²) in [7, 11) is 0. The Hall–Kier alpha value is -4.33. The smallest absolute Gasteiger partial charge is 0.290 e. The fraction of sp³-hybridized carbons (Fsp3) is 0.364. The summed E-state index contributed by atoms with van der Waals surface area (Å²) >= 11 is 0. The van der Waals surface area contributed by atoms with E-state index in [2.05, 4.69) is 87.3 Å². The van der Waals surface area contributed by atoms with Gasteiger partial charge in [-0.15, -0.1) is 10.2 Å². The third-order valence-corrected chi connectivity index (χ3v) is 7.43. The Morgan fingerprint density at radius 2 is 1.54 bits per heavy atom. The third-order valence-electron chi connectivity index (χ3n) is 7.43. The highest BCUT2D eigenvalue weighted by Crippen LogP contribution is 2.36. The summed E-state index contributed by atoms with van der Waals surface area (Å²) in [4.78, 5) is 18.9. The molecule has 3 heterocycles. The first kappa shape index (κ1) is 28.2. The molecule has 0 unspecified atom stereocenters. The quantitative estimate of drug-likeness (QED) is 0.251. The normalized spacial score (nSPS) is 12.2. The Morgan fingerprint density at radius 3 is 2.10 bits per heavy atom. The third kappa shape index (κ3) is 5.64. The fourth-order valence-electron chi connectivity index (χ4n) is 5.37. The van der Waals surface area contributed by atoms with Gasteiger partial charge in [0.1, 0.15) is 0 Å².